The molecule has 1 aromatic rings. The predicted molar refractivity (Wildman–Crippen MR) is 79.4 cm³/mol. The number of anilines is 1. The molecule has 106 valence electrons. The molecule has 0 amide bonds. The molecule has 0 aromatic carbocycles. The van der Waals surface area contributed by atoms with Gasteiger partial charge in [0.1, 0.15) is 6.07 Å². The van der Waals surface area contributed by atoms with Gasteiger partial charge < -0.3 is 10.6 Å². The highest BCUT2D eigenvalue weighted by atomic mass is 15.2. The third kappa shape index (κ3) is 2.27. The van der Waals surface area contributed by atoms with Crippen molar-refractivity contribution in [3.63, 3.8) is 0 Å². The van der Waals surface area contributed by atoms with Crippen molar-refractivity contribution in [2.45, 2.75) is 39.2 Å². The van der Waals surface area contributed by atoms with Crippen LogP contribution in [-0.4, -0.2) is 24.1 Å². The molecular weight excluding hydrogens is 248 g/mol. The normalized spacial score (nSPS) is 29.1. The highest BCUT2D eigenvalue weighted by Crippen LogP contribution is 2.38. The maximum atomic E-state index is 9.41. The molecule has 3 rings (SSSR count). The van der Waals surface area contributed by atoms with Gasteiger partial charge in [0.05, 0.1) is 16.9 Å². The van der Waals surface area contributed by atoms with Crippen molar-refractivity contribution in [1.82, 2.24) is 4.98 Å². The number of nitriles is 1. The number of aryl methyl sites for hydroxylation is 2. The molecule has 0 spiro atoms. The molecule has 20 heavy (non-hydrogen) atoms. The molecule has 1 aliphatic heterocycles. The minimum atomic E-state index is 0.368. The quantitative estimate of drug-likeness (QED) is 0.849. The summed E-state index contributed by atoms with van der Waals surface area (Å²) in [6.07, 6.45) is 3.51. The zero-order valence-electron chi connectivity index (χ0n) is 12.3. The second kappa shape index (κ2) is 5.06. The van der Waals surface area contributed by atoms with Crippen LogP contribution in [0.1, 0.15) is 36.2 Å². The molecule has 0 bridgehead atoms. The molecule has 4 heteroatoms. The van der Waals surface area contributed by atoms with Crippen molar-refractivity contribution in [1.29, 1.82) is 5.26 Å². The standard InChI is InChI=1S/C16H22N4/c1-10-5-16(15(7-17)11(2)19-10)20-8-12-3-4-14(18)6-13(12)9-20/h5,12-14H,3-4,6,8-9,18H2,1-2H3/t12-,13+,14?/m1/s1. The summed E-state index contributed by atoms with van der Waals surface area (Å²) in [5, 5.41) is 9.41. The van der Waals surface area contributed by atoms with Crippen LogP contribution in [0.2, 0.25) is 0 Å². The zero-order chi connectivity index (χ0) is 14.3. The average Bonchev–Trinajstić information content (AvgIpc) is 2.80. The Morgan fingerprint density at radius 2 is 2.05 bits per heavy atom. The van der Waals surface area contributed by atoms with Crippen LogP contribution in [0, 0.1) is 37.0 Å². The molecule has 1 saturated carbocycles. The molecule has 2 N–H and O–H groups in total. The number of fused-ring (bicyclic) bond motifs is 1. The van der Waals surface area contributed by atoms with Crippen LogP contribution in [0.15, 0.2) is 6.07 Å². The Morgan fingerprint density at radius 1 is 1.30 bits per heavy atom. The Balaban J connectivity index is 1.90. The summed E-state index contributed by atoms with van der Waals surface area (Å²) in [6, 6.07) is 4.76. The summed E-state index contributed by atoms with van der Waals surface area (Å²) in [6.45, 7) is 6.02. The van der Waals surface area contributed by atoms with Gasteiger partial charge in [0, 0.05) is 24.8 Å². The molecule has 2 heterocycles. The first-order valence-electron chi connectivity index (χ1n) is 7.47. The van der Waals surface area contributed by atoms with Gasteiger partial charge >= 0.3 is 0 Å². The van der Waals surface area contributed by atoms with Gasteiger partial charge in [-0.25, -0.2) is 0 Å². The summed E-state index contributed by atoms with van der Waals surface area (Å²) >= 11 is 0. The van der Waals surface area contributed by atoms with E-state index < -0.39 is 0 Å². The monoisotopic (exact) mass is 270 g/mol. The van der Waals surface area contributed by atoms with Crippen LogP contribution in [-0.2, 0) is 0 Å². The largest absolute Gasteiger partial charge is 0.370 e. The number of nitrogens with zero attached hydrogens (tertiary/aromatic N) is 3. The van der Waals surface area contributed by atoms with Gasteiger partial charge in [0.15, 0.2) is 0 Å². The third-order valence-corrected chi connectivity index (χ3v) is 4.85. The van der Waals surface area contributed by atoms with Crippen molar-refractivity contribution in [2.24, 2.45) is 17.6 Å². The fourth-order valence-electron chi connectivity index (χ4n) is 3.86. The fraction of sp³-hybridized carbons (Fsp3) is 0.625. The Labute approximate surface area is 120 Å². The molecule has 2 aliphatic rings. The number of pyridine rings is 1. The van der Waals surface area contributed by atoms with Crippen LogP contribution >= 0.6 is 0 Å². The fourth-order valence-corrected chi connectivity index (χ4v) is 3.86. The average molecular weight is 270 g/mol. The van der Waals surface area contributed by atoms with E-state index in [4.69, 9.17) is 5.73 Å². The van der Waals surface area contributed by atoms with Gasteiger partial charge in [-0.3, -0.25) is 4.98 Å². The molecule has 0 radical (unpaired) electrons. The molecule has 1 unspecified atom stereocenters. The van der Waals surface area contributed by atoms with Crippen LogP contribution in [0.25, 0.3) is 0 Å². The summed E-state index contributed by atoms with van der Waals surface area (Å²) in [5.74, 6) is 1.44. The van der Waals surface area contributed by atoms with Crippen molar-refractivity contribution in [2.75, 3.05) is 18.0 Å². The maximum absolute atomic E-state index is 9.41. The summed E-state index contributed by atoms with van der Waals surface area (Å²) in [4.78, 5) is 6.79. The predicted octanol–water partition coefficient (Wildman–Crippen LogP) is 2.13. The van der Waals surface area contributed by atoms with E-state index in [-0.39, 0.29) is 0 Å². The maximum Gasteiger partial charge on any atom is 0.103 e. The van der Waals surface area contributed by atoms with Crippen molar-refractivity contribution < 1.29 is 0 Å². The lowest BCUT2D eigenvalue weighted by Gasteiger charge is -2.27. The number of aromatic nitrogens is 1. The van der Waals surface area contributed by atoms with Crippen molar-refractivity contribution >= 4 is 5.69 Å². The summed E-state index contributed by atoms with van der Waals surface area (Å²) in [7, 11) is 0. The van der Waals surface area contributed by atoms with E-state index in [1.54, 1.807) is 0 Å². The molecule has 3 atom stereocenters. The Morgan fingerprint density at radius 3 is 2.80 bits per heavy atom. The SMILES string of the molecule is Cc1cc(N2C[C@H]3CCC(N)C[C@H]3C2)c(C#N)c(C)n1. The van der Waals surface area contributed by atoms with Crippen LogP contribution in [0.4, 0.5) is 5.69 Å². The highest BCUT2D eigenvalue weighted by Gasteiger charge is 2.37. The van der Waals surface area contributed by atoms with Gasteiger partial charge in [-0.2, -0.15) is 5.26 Å². The second-order valence-electron chi connectivity index (χ2n) is 6.35. The van der Waals surface area contributed by atoms with E-state index >= 15 is 0 Å². The van der Waals surface area contributed by atoms with E-state index in [0.29, 0.717) is 12.0 Å². The Hall–Kier alpha value is -1.60. The lowest BCUT2D eigenvalue weighted by molar-refractivity contribution is 0.271. The first-order valence-corrected chi connectivity index (χ1v) is 7.47. The smallest absolute Gasteiger partial charge is 0.103 e. The number of rotatable bonds is 1. The number of hydrogen-bond acceptors (Lipinski definition) is 4. The summed E-state index contributed by atoms with van der Waals surface area (Å²) < 4.78 is 0. The van der Waals surface area contributed by atoms with Crippen LogP contribution in [0.5, 0.6) is 0 Å². The van der Waals surface area contributed by atoms with Gasteiger partial charge in [-0.1, -0.05) is 0 Å². The minimum absolute atomic E-state index is 0.368. The van der Waals surface area contributed by atoms with Gasteiger partial charge in [0.2, 0.25) is 0 Å². The molecular formula is C16H22N4. The molecule has 1 aliphatic carbocycles. The second-order valence-corrected chi connectivity index (χ2v) is 6.35. The number of nitrogens with two attached hydrogens (primary N) is 1. The Bertz CT molecular complexity index is 560. The van der Waals surface area contributed by atoms with Crippen LogP contribution in [0.3, 0.4) is 0 Å². The third-order valence-electron chi connectivity index (χ3n) is 4.85. The lowest BCUT2D eigenvalue weighted by Crippen LogP contribution is -2.32. The van der Waals surface area contributed by atoms with E-state index in [0.717, 1.165) is 54.5 Å². The molecule has 1 aromatic heterocycles. The van der Waals surface area contributed by atoms with E-state index in [1.807, 2.05) is 13.8 Å². The summed E-state index contributed by atoms with van der Waals surface area (Å²) in [5.41, 5.74) is 9.73. The molecule has 2 fully saturated rings. The van der Waals surface area contributed by atoms with Crippen LogP contribution < -0.4 is 10.6 Å². The topological polar surface area (TPSA) is 65.9 Å². The van der Waals surface area contributed by atoms with E-state index in [1.165, 1.54) is 6.42 Å². The first-order chi connectivity index (χ1) is 9.58. The van der Waals surface area contributed by atoms with Gasteiger partial charge in [0.25, 0.3) is 0 Å². The van der Waals surface area contributed by atoms with E-state index in [2.05, 4.69) is 22.0 Å². The lowest BCUT2D eigenvalue weighted by atomic mass is 9.79. The zero-order valence-corrected chi connectivity index (χ0v) is 12.3. The van der Waals surface area contributed by atoms with Gasteiger partial charge in [-0.05, 0) is 51.0 Å². The minimum Gasteiger partial charge on any atom is -0.370 e. The number of hydrogen-bond donors (Lipinski definition) is 1. The van der Waals surface area contributed by atoms with E-state index in [9.17, 15) is 5.26 Å². The molecule has 4 nitrogen and oxygen atoms in total. The Kier molecular flexibility index (Phi) is 3.39. The van der Waals surface area contributed by atoms with Gasteiger partial charge in [-0.15, -0.1) is 0 Å². The van der Waals surface area contributed by atoms with Crippen molar-refractivity contribution in [3.8, 4) is 6.07 Å². The molecule has 1 saturated heterocycles. The highest BCUT2D eigenvalue weighted by molar-refractivity contribution is 5.62. The first kappa shape index (κ1) is 13.4. The van der Waals surface area contributed by atoms with Crippen molar-refractivity contribution in [3.05, 3.63) is 23.0 Å².